The highest BCUT2D eigenvalue weighted by molar-refractivity contribution is 5.18. The van der Waals surface area contributed by atoms with Gasteiger partial charge in [-0.1, -0.05) is 30.3 Å². The summed E-state index contributed by atoms with van der Waals surface area (Å²) < 4.78 is 5.71. The Morgan fingerprint density at radius 2 is 2.11 bits per heavy atom. The van der Waals surface area contributed by atoms with Crippen LogP contribution < -0.4 is 0 Å². The van der Waals surface area contributed by atoms with E-state index in [9.17, 15) is 5.11 Å². The fraction of sp³-hybridized carbons (Fsp3) is 0.625. The van der Waals surface area contributed by atoms with Gasteiger partial charge in [-0.05, 0) is 32.3 Å². The summed E-state index contributed by atoms with van der Waals surface area (Å²) in [6.07, 6.45) is 2.30. The highest BCUT2D eigenvalue weighted by atomic mass is 16.5. The van der Waals surface area contributed by atoms with Crippen molar-refractivity contribution in [3.8, 4) is 0 Å². The molecule has 1 heterocycles. The third kappa shape index (κ3) is 3.56. The fourth-order valence-electron chi connectivity index (χ4n) is 3.03. The lowest BCUT2D eigenvalue weighted by atomic mass is 9.95. The first kappa shape index (κ1) is 14.5. The van der Waals surface area contributed by atoms with Gasteiger partial charge in [-0.3, -0.25) is 4.90 Å². The Labute approximate surface area is 116 Å². The van der Waals surface area contributed by atoms with Crippen LogP contribution in [0.2, 0.25) is 0 Å². The zero-order chi connectivity index (χ0) is 13.7. The molecular weight excluding hydrogens is 238 g/mol. The van der Waals surface area contributed by atoms with E-state index in [0.29, 0.717) is 12.1 Å². The van der Waals surface area contributed by atoms with E-state index < -0.39 is 0 Å². The maximum Gasteiger partial charge on any atom is 0.0603 e. The smallest absolute Gasteiger partial charge is 0.0603 e. The molecule has 3 heteroatoms. The Kier molecular flexibility index (Phi) is 5.37. The van der Waals surface area contributed by atoms with E-state index >= 15 is 0 Å². The van der Waals surface area contributed by atoms with Gasteiger partial charge in [0, 0.05) is 25.2 Å². The lowest BCUT2D eigenvalue weighted by Crippen LogP contribution is -2.47. The predicted octanol–water partition coefficient (Wildman–Crippen LogP) is 2.61. The molecule has 106 valence electrons. The van der Waals surface area contributed by atoms with Crippen LogP contribution in [0.3, 0.4) is 0 Å². The molecule has 0 amide bonds. The minimum absolute atomic E-state index is 0.209. The second-order valence-corrected chi connectivity index (χ2v) is 5.26. The SMILES string of the molecule is CCOC1CCN([C@H](C)c2ccccc2)[C@H](CO)C1. The maximum atomic E-state index is 9.65. The Morgan fingerprint density at radius 1 is 1.37 bits per heavy atom. The minimum atomic E-state index is 0.209. The molecule has 0 aliphatic carbocycles. The summed E-state index contributed by atoms with van der Waals surface area (Å²) in [4.78, 5) is 2.41. The standard InChI is InChI=1S/C16H25NO2/c1-3-19-16-9-10-17(15(11-16)12-18)13(2)14-7-5-4-6-8-14/h4-8,13,15-16,18H,3,9-12H2,1-2H3/t13-,15+,16?/m1/s1. The van der Waals surface area contributed by atoms with Crippen LogP contribution in [0.5, 0.6) is 0 Å². The third-order valence-electron chi connectivity index (χ3n) is 4.11. The molecule has 3 atom stereocenters. The number of rotatable bonds is 5. The van der Waals surface area contributed by atoms with Crippen LogP contribution >= 0.6 is 0 Å². The molecule has 3 nitrogen and oxygen atoms in total. The fourth-order valence-corrected chi connectivity index (χ4v) is 3.03. The van der Waals surface area contributed by atoms with Crippen molar-refractivity contribution in [2.45, 2.75) is 44.9 Å². The van der Waals surface area contributed by atoms with Gasteiger partial charge in [0.1, 0.15) is 0 Å². The molecule has 1 aliphatic rings. The normalized spacial score (nSPS) is 26.3. The molecule has 0 saturated carbocycles. The molecule has 1 fully saturated rings. The summed E-state index contributed by atoms with van der Waals surface area (Å²) >= 11 is 0. The zero-order valence-corrected chi connectivity index (χ0v) is 12.0. The monoisotopic (exact) mass is 263 g/mol. The number of likely N-dealkylation sites (tertiary alicyclic amines) is 1. The van der Waals surface area contributed by atoms with Gasteiger partial charge in [0.2, 0.25) is 0 Å². The maximum absolute atomic E-state index is 9.65. The van der Waals surface area contributed by atoms with Gasteiger partial charge in [-0.15, -0.1) is 0 Å². The van der Waals surface area contributed by atoms with Crippen molar-refractivity contribution in [3.63, 3.8) is 0 Å². The van der Waals surface area contributed by atoms with E-state index in [1.54, 1.807) is 0 Å². The highest BCUT2D eigenvalue weighted by Crippen LogP contribution is 2.29. The van der Waals surface area contributed by atoms with Gasteiger partial charge >= 0.3 is 0 Å². The first-order valence-electron chi connectivity index (χ1n) is 7.29. The Morgan fingerprint density at radius 3 is 2.74 bits per heavy atom. The molecule has 0 aromatic heterocycles. The first-order valence-corrected chi connectivity index (χ1v) is 7.29. The minimum Gasteiger partial charge on any atom is -0.395 e. The number of nitrogens with zero attached hydrogens (tertiary/aromatic N) is 1. The zero-order valence-electron chi connectivity index (χ0n) is 12.0. The van der Waals surface area contributed by atoms with Gasteiger partial charge in [-0.25, -0.2) is 0 Å². The van der Waals surface area contributed by atoms with Crippen LogP contribution in [0.15, 0.2) is 30.3 Å². The van der Waals surface area contributed by atoms with Crippen molar-refractivity contribution < 1.29 is 9.84 Å². The highest BCUT2D eigenvalue weighted by Gasteiger charge is 2.31. The van der Waals surface area contributed by atoms with Crippen LogP contribution in [0.4, 0.5) is 0 Å². The predicted molar refractivity (Wildman–Crippen MR) is 77.1 cm³/mol. The molecule has 1 N–H and O–H groups in total. The molecule has 0 spiro atoms. The van der Waals surface area contributed by atoms with Crippen LogP contribution in [0, 0.1) is 0 Å². The van der Waals surface area contributed by atoms with Crippen molar-refractivity contribution in [3.05, 3.63) is 35.9 Å². The summed E-state index contributed by atoms with van der Waals surface area (Å²) in [5, 5.41) is 9.65. The summed E-state index contributed by atoms with van der Waals surface area (Å²) in [6, 6.07) is 11.1. The van der Waals surface area contributed by atoms with Crippen molar-refractivity contribution >= 4 is 0 Å². The van der Waals surface area contributed by atoms with Crippen LogP contribution in [0.25, 0.3) is 0 Å². The summed E-state index contributed by atoms with van der Waals surface area (Å²) in [5.74, 6) is 0. The summed E-state index contributed by atoms with van der Waals surface area (Å²) in [5.41, 5.74) is 1.32. The van der Waals surface area contributed by atoms with E-state index in [-0.39, 0.29) is 12.6 Å². The first-order chi connectivity index (χ1) is 9.26. The second kappa shape index (κ2) is 7.04. The summed E-state index contributed by atoms with van der Waals surface area (Å²) in [6.45, 7) is 6.22. The van der Waals surface area contributed by atoms with Crippen LogP contribution in [-0.2, 0) is 4.74 Å². The molecule has 19 heavy (non-hydrogen) atoms. The van der Waals surface area contributed by atoms with Crippen molar-refractivity contribution in [2.75, 3.05) is 19.8 Å². The number of aliphatic hydroxyl groups is 1. The van der Waals surface area contributed by atoms with Crippen LogP contribution in [0.1, 0.15) is 38.3 Å². The largest absolute Gasteiger partial charge is 0.395 e. The molecular formula is C16H25NO2. The van der Waals surface area contributed by atoms with E-state index in [1.165, 1.54) is 5.56 Å². The van der Waals surface area contributed by atoms with Crippen molar-refractivity contribution in [1.82, 2.24) is 4.90 Å². The van der Waals surface area contributed by atoms with Gasteiger partial charge in [0.05, 0.1) is 12.7 Å². The Bertz CT molecular complexity index is 368. The Hall–Kier alpha value is -0.900. The number of aliphatic hydroxyl groups excluding tert-OH is 1. The van der Waals surface area contributed by atoms with Gasteiger partial charge in [0.25, 0.3) is 0 Å². The van der Waals surface area contributed by atoms with E-state index in [4.69, 9.17) is 4.74 Å². The topological polar surface area (TPSA) is 32.7 Å². The molecule has 0 bridgehead atoms. The van der Waals surface area contributed by atoms with E-state index in [0.717, 1.165) is 26.0 Å². The van der Waals surface area contributed by atoms with Gasteiger partial charge in [0.15, 0.2) is 0 Å². The number of benzene rings is 1. The lowest BCUT2D eigenvalue weighted by Gasteiger charge is -2.42. The number of ether oxygens (including phenoxy) is 1. The average Bonchev–Trinajstić information content (AvgIpc) is 2.47. The summed E-state index contributed by atoms with van der Waals surface area (Å²) in [7, 11) is 0. The lowest BCUT2D eigenvalue weighted by molar-refractivity contribution is -0.0362. The average molecular weight is 263 g/mol. The van der Waals surface area contributed by atoms with Crippen molar-refractivity contribution in [2.24, 2.45) is 0 Å². The number of hydrogen-bond acceptors (Lipinski definition) is 3. The molecule has 1 aliphatic heterocycles. The number of piperidine rings is 1. The second-order valence-electron chi connectivity index (χ2n) is 5.26. The molecule has 1 saturated heterocycles. The molecule has 1 aromatic carbocycles. The van der Waals surface area contributed by atoms with E-state index in [1.807, 2.05) is 13.0 Å². The van der Waals surface area contributed by atoms with Gasteiger partial charge < -0.3 is 9.84 Å². The molecule has 1 aromatic rings. The number of hydrogen-bond donors (Lipinski definition) is 1. The molecule has 1 unspecified atom stereocenters. The Balaban J connectivity index is 2.03. The van der Waals surface area contributed by atoms with Crippen LogP contribution in [-0.4, -0.2) is 41.9 Å². The molecule has 2 rings (SSSR count). The third-order valence-corrected chi connectivity index (χ3v) is 4.11. The van der Waals surface area contributed by atoms with Gasteiger partial charge in [-0.2, -0.15) is 0 Å². The molecule has 0 radical (unpaired) electrons. The van der Waals surface area contributed by atoms with Crippen molar-refractivity contribution in [1.29, 1.82) is 0 Å². The van der Waals surface area contributed by atoms with E-state index in [2.05, 4.69) is 36.1 Å². The quantitative estimate of drug-likeness (QED) is 0.886.